The number of carbonyl (C=O) groups excluding carboxylic acids is 1. The van der Waals surface area contributed by atoms with Crippen LogP contribution in [-0.2, 0) is 24.0 Å². The minimum absolute atomic E-state index is 0.220. The third-order valence-electron chi connectivity index (χ3n) is 4.43. The highest BCUT2D eigenvalue weighted by molar-refractivity contribution is 5.91. The molecule has 0 fully saturated rings. The molecule has 0 spiro atoms. The van der Waals surface area contributed by atoms with Gasteiger partial charge in [0, 0.05) is 5.69 Å². The molecule has 0 radical (unpaired) electrons. The summed E-state index contributed by atoms with van der Waals surface area (Å²) in [6.45, 7) is 8.93. The molecule has 0 saturated heterocycles. The van der Waals surface area contributed by atoms with E-state index in [2.05, 4.69) is 26.8 Å². The van der Waals surface area contributed by atoms with Gasteiger partial charge in [-0.15, -0.1) is 0 Å². The minimum atomic E-state index is -0.220. The van der Waals surface area contributed by atoms with Crippen molar-refractivity contribution >= 4 is 5.97 Å². The quantitative estimate of drug-likeness (QED) is 0.770. The van der Waals surface area contributed by atoms with Gasteiger partial charge in [0.25, 0.3) is 0 Å². The summed E-state index contributed by atoms with van der Waals surface area (Å²) >= 11 is 0. The molecule has 3 nitrogen and oxygen atoms in total. The van der Waals surface area contributed by atoms with Crippen molar-refractivity contribution in [1.82, 2.24) is 4.98 Å². The predicted octanol–water partition coefficient (Wildman–Crippen LogP) is 3.97. The van der Waals surface area contributed by atoms with Crippen molar-refractivity contribution in [2.75, 3.05) is 6.61 Å². The van der Waals surface area contributed by atoms with Crippen molar-refractivity contribution in [3.63, 3.8) is 0 Å². The third kappa shape index (κ3) is 3.63. The SMILES string of the molecule is CCCc1nc2c(cc1C(=O)OCC)CC(C(C)C)CC2. The van der Waals surface area contributed by atoms with Crippen LogP contribution < -0.4 is 0 Å². The summed E-state index contributed by atoms with van der Waals surface area (Å²) in [6.07, 6.45) is 5.13. The van der Waals surface area contributed by atoms with Gasteiger partial charge in [0.1, 0.15) is 0 Å². The lowest BCUT2D eigenvalue weighted by atomic mass is 9.79. The Morgan fingerprint density at radius 2 is 2.19 bits per heavy atom. The topological polar surface area (TPSA) is 39.2 Å². The number of ether oxygens (including phenoxy) is 1. The standard InChI is InChI=1S/C18H27NO2/c1-5-7-17-15(18(20)21-6-2)11-14-10-13(12(3)4)8-9-16(14)19-17/h11-13H,5-10H2,1-4H3. The maximum atomic E-state index is 12.2. The monoisotopic (exact) mass is 289 g/mol. The van der Waals surface area contributed by atoms with Crippen LogP contribution >= 0.6 is 0 Å². The normalized spacial score (nSPS) is 17.7. The van der Waals surface area contributed by atoms with Gasteiger partial charge in [-0.1, -0.05) is 27.2 Å². The van der Waals surface area contributed by atoms with Gasteiger partial charge in [-0.3, -0.25) is 4.98 Å². The third-order valence-corrected chi connectivity index (χ3v) is 4.43. The van der Waals surface area contributed by atoms with Gasteiger partial charge in [0.05, 0.1) is 17.9 Å². The van der Waals surface area contributed by atoms with E-state index in [1.54, 1.807) is 0 Å². The molecule has 1 heterocycles. The van der Waals surface area contributed by atoms with E-state index in [1.165, 1.54) is 17.7 Å². The molecule has 1 atom stereocenters. The molecule has 1 aromatic heterocycles. The fraction of sp³-hybridized carbons (Fsp3) is 0.667. The van der Waals surface area contributed by atoms with Gasteiger partial charge in [-0.05, 0) is 56.1 Å². The Labute approximate surface area is 128 Å². The number of nitrogens with zero attached hydrogens (tertiary/aromatic N) is 1. The molecule has 2 rings (SSSR count). The molecule has 3 heteroatoms. The van der Waals surface area contributed by atoms with Crippen LogP contribution in [0, 0.1) is 11.8 Å². The fourth-order valence-corrected chi connectivity index (χ4v) is 3.12. The molecule has 21 heavy (non-hydrogen) atoms. The Morgan fingerprint density at radius 1 is 1.43 bits per heavy atom. The highest BCUT2D eigenvalue weighted by Crippen LogP contribution is 2.30. The Hall–Kier alpha value is -1.38. The zero-order valence-corrected chi connectivity index (χ0v) is 13.7. The number of pyridine rings is 1. The Morgan fingerprint density at radius 3 is 2.81 bits per heavy atom. The number of rotatable bonds is 5. The summed E-state index contributed by atoms with van der Waals surface area (Å²) in [4.78, 5) is 17.0. The molecular formula is C18H27NO2. The van der Waals surface area contributed by atoms with Crippen LogP contribution in [-0.4, -0.2) is 17.6 Å². The van der Waals surface area contributed by atoms with Crippen molar-refractivity contribution in [2.45, 2.75) is 59.8 Å². The van der Waals surface area contributed by atoms with Gasteiger partial charge in [0.2, 0.25) is 0 Å². The number of carbonyl (C=O) groups is 1. The van der Waals surface area contributed by atoms with Crippen molar-refractivity contribution < 1.29 is 9.53 Å². The zero-order valence-electron chi connectivity index (χ0n) is 13.7. The van der Waals surface area contributed by atoms with Crippen LogP contribution in [0.4, 0.5) is 0 Å². The highest BCUT2D eigenvalue weighted by Gasteiger charge is 2.25. The van der Waals surface area contributed by atoms with Crippen molar-refractivity contribution in [3.8, 4) is 0 Å². The van der Waals surface area contributed by atoms with Crippen molar-refractivity contribution in [2.24, 2.45) is 11.8 Å². The largest absolute Gasteiger partial charge is 0.462 e. The average molecular weight is 289 g/mol. The minimum Gasteiger partial charge on any atom is -0.462 e. The fourth-order valence-electron chi connectivity index (χ4n) is 3.12. The smallest absolute Gasteiger partial charge is 0.339 e. The first-order chi connectivity index (χ1) is 10.1. The highest BCUT2D eigenvalue weighted by atomic mass is 16.5. The van der Waals surface area contributed by atoms with E-state index in [0.29, 0.717) is 24.0 Å². The van der Waals surface area contributed by atoms with E-state index in [4.69, 9.17) is 9.72 Å². The lowest BCUT2D eigenvalue weighted by molar-refractivity contribution is 0.0524. The predicted molar refractivity (Wildman–Crippen MR) is 84.5 cm³/mol. The summed E-state index contributed by atoms with van der Waals surface area (Å²) in [5, 5.41) is 0. The van der Waals surface area contributed by atoms with E-state index in [-0.39, 0.29) is 5.97 Å². The molecule has 1 unspecified atom stereocenters. The lowest BCUT2D eigenvalue weighted by Crippen LogP contribution is -2.22. The van der Waals surface area contributed by atoms with E-state index in [9.17, 15) is 4.79 Å². The van der Waals surface area contributed by atoms with E-state index < -0.39 is 0 Å². The first kappa shape index (κ1) is 16.0. The Bertz CT molecular complexity index is 508. The number of fused-ring (bicyclic) bond motifs is 1. The zero-order chi connectivity index (χ0) is 15.4. The van der Waals surface area contributed by atoms with Gasteiger partial charge < -0.3 is 4.74 Å². The molecular weight excluding hydrogens is 262 g/mol. The lowest BCUT2D eigenvalue weighted by Gasteiger charge is -2.27. The second kappa shape index (κ2) is 7.06. The molecule has 116 valence electrons. The molecule has 0 amide bonds. The van der Waals surface area contributed by atoms with Crippen LogP contribution in [0.1, 0.15) is 67.8 Å². The first-order valence-corrected chi connectivity index (χ1v) is 8.25. The molecule has 0 saturated carbocycles. The summed E-state index contributed by atoms with van der Waals surface area (Å²) in [5.41, 5.74) is 4.05. The maximum Gasteiger partial charge on any atom is 0.339 e. The number of esters is 1. The summed E-state index contributed by atoms with van der Waals surface area (Å²) in [5.74, 6) is 1.16. The van der Waals surface area contributed by atoms with Crippen LogP contribution in [0.5, 0.6) is 0 Å². The van der Waals surface area contributed by atoms with Crippen LogP contribution in [0.15, 0.2) is 6.07 Å². The molecule has 0 aromatic carbocycles. The van der Waals surface area contributed by atoms with E-state index in [0.717, 1.165) is 31.4 Å². The number of aromatic nitrogens is 1. The van der Waals surface area contributed by atoms with Crippen molar-refractivity contribution in [1.29, 1.82) is 0 Å². The number of aryl methyl sites for hydroxylation is 2. The Kier molecular flexibility index (Phi) is 5.38. The first-order valence-electron chi connectivity index (χ1n) is 8.25. The molecule has 1 aliphatic rings. The summed E-state index contributed by atoms with van der Waals surface area (Å²) in [6, 6.07) is 2.06. The van der Waals surface area contributed by atoms with Gasteiger partial charge >= 0.3 is 5.97 Å². The van der Waals surface area contributed by atoms with Crippen molar-refractivity contribution in [3.05, 3.63) is 28.6 Å². The second-order valence-electron chi connectivity index (χ2n) is 6.31. The number of hydrogen-bond donors (Lipinski definition) is 0. The van der Waals surface area contributed by atoms with Crippen LogP contribution in [0.25, 0.3) is 0 Å². The summed E-state index contributed by atoms with van der Waals surface area (Å²) in [7, 11) is 0. The molecule has 0 N–H and O–H groups in total. The maximum absolute atomic E-state index is 12.2. The van der Waals surface area contributed by atoms with Crippen LogP contribution in [0.3, 0.4) is 0 Å². The molecule has 0 bridgehead atoms. The van der Waals surface area contributed by atoms with E-state index in [1.807, 2.05) is 6.92 Å². The van der Waals surface area contributed by atoms with E-state index >= 15 is 0 Å². The molecule has 1 aliphatic carbocycles. The number of hydrogen-bond acceptors (Lipinski definition) is 3. The van der Waals surface area contributed by atoms with Gasteiger partial charge in [0.15, 0.2) is 0 Å². The van der Waals surface area contributed by atoms with Crippen LogP contribution in [0.2, 0.25) is 0 Å². The average Bonchev–Trinajstić information content (AvgIpc) is 2.46. The molecule has 0 aliphatic heterocycles. The second-order valence-corrected chi connectivity index (χ2v) is 6.31. The van der Waals surface area contributed by atoms with Gasteiger partial charge in [-0.25, -0.2) is 4.79 Å². The molecule has 1 aromatic rings. The Balaban J connectivity index is 2.35. The summed E-state index contributed by atoms with van der Waals surface area (Å²) < 4.78 is 5.20. The van der Waals surface area contributed by atoms with Gasteiger partial charge in [-0.2, -0.15) is 0 Å².